The normalized spacial score (nSPS) is 17.4. The van der Waals surface area contributed by atoms with Crippen LogP contribution in [0.3, 0.4) is 0 Å². The zero-order valence-electron chi connectivity index (χ0n) is 19.4. The quantitative estimate of drug-likeness (QED) is 0.314. The third-order valence-electron chi connectivity index (χ3n) is 5.89. The average molecular weight is 566 g/mol. The molecule has 9 heteroatoms. The van der Waals surface area contributed by atoms with Crippen LogP contribution in [0.15, 0.2) is 53.7 Å². The number of nitrogens with one attached hydrogen (secondary N) is 1. The maximum Gasteiger partial charge on any atom is 0.194 e. The van der Waals surface area contributed by atoms with E-state index < -0.39 is 0 Å². The Labute approximate surface area is 214 Å². The highest BCUT2D eigenvalue weighted by atomic mass is 127. The highest BCUT2D eigenvalue weighted by Gasteiger charge is 2.20. The number of guanidine groups is 1. The summed E-state index contributed by atoms with van der Waals surface area (Å²) in [6.45, 7) is 9.67. The molecule has 2 fully saturated rings. The zero-order chi connectivity index (χ0) is 22.0. The molecule has 1 aromatic carbocycles. The predicted molar refractivity (Wildman–Crippen MR) is 143 cm³/mol. The third-order valence-corrected chi connectivity index (χ3v) is 5.89. The van der Waals surface area contributed by atoms with Gasteiger partial charge in [-0.05, 0) is 29.8 Å². The van der Waals surface area contributed by atoms with E-state index in [4.69, 9.17) is 9.47 Å². The number of hydrogen-bond acceptors (Lipinski definition) is 6. The number of aromatic nitrogens is 1. The number of hydrogen-bond donors (Lipinski definition) is 1. The summed E-state index contributed by atoms with van der Waals surface area (Å²) in [5.41, 5.74) is 1.18. The number of aliphatic imine (C=N–C) groups is 1. The molecular weight excluding hydrogens is 531 g/mol. The van der Waals surface area contributed by atoms with Gasteiger partial charge in [0.25, 0.3) is 0 Å². The van der Waals surface area contributed by atoms with Crippen LogP contribution in [0, 0.1) is 0 Å². The molecule has 2 saturated heterocycles. The molecule has 180 valence electrons. The Morgan fingerprint density at radius 3 is 2.61 bits per heavy atom. The number of nitrogens with zero attached hydrogens (tertiary/aromatic N) is 5. The van der Waals surface area contributed by atoms with E-state index in [0.29, 0.717) is 13.2 Å². The van der Waals surface area contributed by atoms with Crippen LogP contribution in [-0.4, -0.2) is 93.4 Å². The molecule has 8 nitrogen and oxygen atoms in total. The second-order valence-corrected chi connectivity index (χ2v) is 8.01. The molecule has 0 bridgehead atoms. The van der Waals surface area contributed by atoms with Gasteiger partial charge in [0.15, 0.2) is 5.96 Å². The highest BCUT2D eigenvalue weighted by Crippen LogP contribution is 2.15. The van der Waals surface area contributed by atoms with E-state index in [-0.39, 0.29) is 24.0 Å². The molecule has 1 aromatic heterocycles. The van der Waals surface area contributed by atoms with E-state index in [2.05, 4.69) is 54.3 Å². The van der Waals surface area contributed by atoms with Crippen LogP contribution in [0.25, 0.3) is 0 Å². The number of benzene rings is 1. The van der Waals surface area contributed by atoms with Gasteiger partial charge in [-0.3, -0.25) is 9.89 Å². The molecule has 0 unspecified atom stereocenters. The third kappa shape index (κ3) is 7.72. The Morgan fingerprint density at radius 2 is 1.88 bits per heavy atom. The maximum absolute atomic E-state index is 5.99. The van der Waals surface area contributed by atoms with Crippen molar-refractivity contribution in [3.05, 3.63) is 54.2 Å². The van der Waals surface area contributed by atoms with Crippen molar-refractivity contribution in [2.24, 2.45) is 4.99 Å². The average Bonchev–Trinajstić information content (AvgIpc) is 2.86. The monoisotopic (exact) mass is 566 g/mol. The van der Waals surface area contributed by atoms with Gasteiger partial charge < -0.3 is 24.6 Å². The molecule has 0 saturated carbocycles. The number of pyridine rings is 1. The lowest BCUT2D eigenvalue weighted by Crippen LogP contribution is -2.52. The molecule has 3 heterocycles. The summed E-state index contributed by atoms with van der Waals surface area (Å²) in [6.07, 6.45) is 1.85. The van der Waals surface area contributed by atoms with Crippen LogP contribution in [0.2, 0.25) is 0 Å². The van der Waals surface area contributed by atoms with Gasteiger partial charge in [-0.25, -0.2) is 4.98 Å². The van der Waals surface area contributed by atoms with Crippen molar-refractivity contribution < 1.29 is 9.47 Å². The van der Waals surface area contributed by atoms with Gasteiger partial charge in [-0.15, -0.1) is 24.0 Å². The molecule has 2 aliphatic rings. The van der Waals surface area contributed by atoms with Gasteiger partial charge in [-0.2, -0.15) is 0 Å². The first-order valence-electron chi connectivity index (χ1n) is 11.5. The van der Waals surface area contributed by atoms with Crippen LogP contribution in [0.4, 0.5) is 5.82 Å². The van der Waals surface area contributed by atoms with Gasteiger partial charge in [0.05, 0.1) is 13.2 Å². The van der Waals surface area contributed by atoms with Crippen LogP contribution < -0.4 is 15.0 Å². The first kappa shape index (κ1) is 25.5. The fraction of sp³-hybridized carbons (Fsp3) is 0.500. The lowest BCUT2D eigenvalue weighted by Gasteiger charge is -2.37. The number of halogens is 1. The Morgan fingerprint density at radius 1 is 1.06 bits per heavy atom. The second kappa shape index (κ2) is 13.6. The van der Waals surface area contributed by atoms with E-state index in [1.54, 1.807) is 0 Å². The number of ether oxygens (including phenoxy) is 2. The highest BCUT2D eigenvalue weighted by molar-refractivity contribution is 14.0. The molecule has 0 aliphatic carbocycles. The molecule has 0 spiro atoms. The molecule has 4 rings (SSSR count). The molecule has 1 N–H and O–H groups in total. The molecule has 2 aliphatic heterocycles. The number of piperazine rings is 1. The SMILES string of the molecule is CN=C(NCc1cccc(OCCN2CCOCC2)c1)N1CCN(c2ccccn2)CC1.I. The Bertz CT molecular complexity index is 855. The van der Waals surface area contributed by atoms with E-state index in [1.165, 1.54) is 5.56 Å². The van der Waals surface area contributed by atoms with Crippen LogP contribution >= 0.6 is 24.0 Å². The molecule has 0 atom stereocenters. The standard InChI is InChI=1S/C24H34N6O2.HI/c1-25-24(30-11-9-29(10-12-30)23-7-2-3-8-26-23)27-20-21-5-4-6-22(19-21)32-18-15-28-13-16-31-17-14-28;/h2-8,19H,9-18,20H2,1H3,(H,25,27);1H. The molecule has 0 radical (unpaired) electrons. The van der Waals surface area contributed by atoms with Crippen LogP contribution in [0.1, 0.15) is 5.56 Å². The summed E-state index contributed by atoms with van der Waals surface area (Å²) < 4.78 is 11.4. The van der Waals surface area contributed by atoms with Crippen molar-refractivity contribution in [1.29, 1.82) is 0 Å². The Balaban J connectivity index is 0.00000306. The van der Waals surface area contributed by atoms with Crippen molar-refractivity contribution in [2.45, 2.75) is 6.54 Å². The molecule has 33 heavy (non-hydrogen) atoms. The van der Waals surface area contributed by atoms with Crippen molar-refractivity contribution in [2.75, 3.05) is 77.6 Å². The smallest absolute Gasteiger partial charge is 0.194 e. The summed E-state index contributed by atoms with van der Waals surface area (Å²) in [5, 5.41) is 3.51. The minimum atomic E-state index is 0. The summed E-state index contributed by atoms with van der Waals surface area (Å²) >= 11 is 0. The second-order valence-electron chi connectivity index (χ2n) is 8.01. The van der Waals surface area contributed by atoms with Gasteiger partial charge in [0.2, 0.25) is 0 Å². The van der Waals surface area contributed by atoms with Crippen molar-refractivity contribution in [1.82, 2.24) is 20.1 Å². The Kier molecular flexibility index (Phi) is 10.5. The minimum Gasteiger partial charge on any atom is -0.492 e. The lowest BCUT2D eigenvalue weighted by molar-refractivity contribution is 0.0322. The fourth-order valence-electron chi connectivity index (χ4n) is 4.06. The zero-order valence-corrected chi connectivity index (χ0v) is 21.7. The van der Waals surface area contributed by atoms with Crippen LogP contribution in [0.5, 0.6) is 5.75 Å². The van der Waals surface area contributed by atoms with E-state index in [0.717, 1.165) is 76.6 Å². The first-order chi connectivity index (χ1) is 15.8. The van der Waals surface area contributed by atoms with Crippen molar-refractivity contribution >= 4 is 35.8 Å². The predicted octanol–water partition coefficient (Wildman–Crippen LogP) is 2.31. The Hall–Kier alpha value is -2.11. The topological polar surface area (TPSA) is 65.5 Å². The number of morpholine rings is 1. The van der Waals surface area contributed by atoms with Gasteiger partial charge in [0.1, 0.15) is 18.2 Å². The lowest BCUT2D eigenvalue weighted by atomic mass is 10.2. The first-order valence-corrected chi connectivity index (χ1v) is 11.5. The molecule has 2 aromatic rings. The summed E-state index contributed by atoms with van der Waals surface area (Å²) in [4.78, 5) is 16.0. The summed E-state index contributed by atoms with van der Waals surface area (Å²) in [6, 6.07) is 14.4. The summed E-state index contributed by atoms with van der Waals surface area (Å²) in [7, 11) is 1.85. The van der Waals surface area contributed by atoms with E-state index in [1.807, 2.05) is 31.4 Å². The summed E-state index contributed by atoms with van der Waals surface area (Å²) in [5.74, 6) is 2.89. The van der Waals surface area contributed by atoms with Gasteiger partial charge in [0, 0.05) is 65.6 Å². The minimum absolute atomic E-state index is 0. The van der Waals surface area contributed by atoms with Gasteiger partial charge >= 0.3 is 0 Å². The number of rotatable bonds is 7. The van der Waals surface area contributed by atoms with E-state index in [9.17, 15) is 0 Å². The number of anilines is 1. The van der Waals surface area contributed by atoms with Gasteiger partial charge in [-0.1, -0.05) is 18.2 Å². The fourth-order valence-corrected chi connectivity index (χ4v) is 4.06. The largest absolute Gasteiger partial charge is 0.492 e. The molecule has 0 amide bonds. The van der Waals surface area contributed by atoms with E-state index >= 15 is 0 Å². The van der Waals surface area contributed by atoms with Crippen molar-refractivity contribution in [3.8, 4) is 5.75 Å². The molecular formula is C24H35IN6O2. The van der Waals surface area contributed by atoms with Crippen LogP contribution in [-0.2, 0) is 11.3 Å². The maximum atomic E-state index is 5.99. The van der Waals surface area contributed by atoms with Crippen molar-refractivity contribution in [3.63, 3.8) is 0 Å².